The third-order valence-electron chi connectivity index (χ3n) is 3.71. The molecule has 0 atom stereocenters. The first kappa shape index (κ1) is 14.9. The molecule has 7 heteroatoms. The number of hydrogen-bond acceptors (Lipinski definition) is 4. The van der Waals surface area contributed by atoms with E-state index in [-0.39, 0.29) is 17.4 Å². The zero-order chi connectivity index (χ0) is 17.2. The van der Waals surface area contributed by atoms with Crippen molar-refractivity contribution in [3.63, 3.8) is 0 Å². The minimum atomic E-state index is -0.385. The van der Waals surface area contributed by atoms with Crippen molar-refractivity contribution in [3.8, 4) is 5.69 Å². The number of anilines is 1. The normalized spacial score (nSPS) is 10.8. The zero-order valence-electron chi connectivity index (χ0n) is 12.9. The average Bonchev–Trinajstić information content (AvgIpc) is 3.13. The van der Waals surface area contributed by atoms with Crippen LogP contribution in [0.4, 0.5) is 10.1 Å². The summed E-state index contributed by atoms with van der Waals surface area (Å²) in [6.07, 6.45) is 3.19. The van der Waals surface area contributed by atoms with Crippen LogP contribution >= 0.6 is 0 Å². The quantitative estimate of drug-likeness (QED) is 0.625. The molecule has 0 fully saturated rings. The van der Waals surface area contributed by atoms with E-state index in [0.717, 1.165) is 10.9 Å². The number of hydrogen-bond donors (Lipinski definition) is 1. The molecule has 0 bridgehead atoms. The Hall–Kier alpha value is -3.61. The number of carbonyl (C=O) groups excluding carboxylic acids is 1. The Kier molecular flexibility index (Phi) is 3.66. The van der Waals surface area contributed by atoms with Crippen LogP contribution in [0.5, 0.6) is 0 Å². The topological polar surface area (TPSA) is 72.7 Å². The molecular weight excluding hydrogens is 321 g/mol. The van der Waals surface area contributed by atoms with Gasteiger partial charge in [-0.2, -0.15) is 0 Å². The Balaban J connectivity index is 1.60. The molecule has 0 aliphatic carbocycles. The van der Waals surface area contributed by atoms with E-state index in [1.54, 1.807) is 24.4 Å². The van der Waals surface area contributed by atoms with Gasteiger partial charge in [0.25, 0.3) is 5.91 Å². The van der Waals surface area contributed by atoms with E-state index in [1.165, 1.54) is 23.0 Å². The lowest BCUT2D eigenvalue weighted by Gasteiger charge is -2.06. The maximum atomic E-state index is 13.0. The van der Waals surface area contributed by atoms with Crippen LogP contribution in [-0.2, 0) is 0 Å². The monoisotopic (exact) mass is 333 g/mol. The smallest absolute Gasteiger partial charge is 0.277 e. The molecule has 0 aliphatic heterocycles. The van der Waals surface area contributed by atoms with Crippen LogP contribution in [0.2, 0.25) is 0 Å². The van der Waals surface area contributed by atoms with Gasteiger partial charge in [-0.1, -0.05) is 11.3 Å². The Morgan fingerprint density at radius 2 is 1.88 bits per heavy atom. The number of benzene rings is 2. The minimum absolute atomic E-state index is 0.158. The predicted molar refractivity (Wildman–Crippen MR) is 91.0 cm³/mol. The van der Waals surface area contributed by atoms with Gasteiger partial charge in [-0.3, -0.25) is 9.78 Å². The van der Waals surface area contributed by atoms with Crippen molar-refractivity contribution >= 4 is 22.5 Å². The van der Waals surface area contributed by atoms with E-state index >= 15 is 0 Å². The van der Waals surface area contributed by atoms with Gasteiger partial charge in [0.05, 0.1) is 23.1 Å². The van der Waals surface area contributed by atoms with Crippen LogP contribution < -0.4 is 5.32 Å². The number of amides is 1. The first-order chi connectivity index (χ1) is 12.2. The number of carbonyl (C=O) groups is 1. The van der Waals surface area contributed by atoms with Gasteiger partial charge in [0, 0.05) is 11.6 Å². The molecule has 1 N–H and O–H groups in total. The first-order valence-electron chi connectivity index (χ1n) is 7.54. The van der Waals surface area contributed by atoms with Gasteiger partial charge >= 0.3 is 0 Å². The Morgan fingerprint density at radius 1 is 1.04 bits per heavy atom. The van der Waals surface area contributed by atoms with E-state index in [9.17, 15) is 9.18 Å². The molecule has 25 heavy (non-hydrogen) atoms. The Morgan fingerprint density at radius 3 is 2.72 bits per heavy atom. The van der Waals surface area contributed by atoms with Gasteiger partial charge in [0.2, 0.25) is 0 Å². The number of fused-ring (bicyclic) bond motifs is 1. The van der Waals surface area contributed by atoms with Gasteiger partial charge < -0.3 is 5.32 Å². The number of halogens is 1. The molecule has 122 valence electrons. The molecule has 2 heterocycles. The third-order valence-corrected chi connectivity index (χ3v) is 3.71. The van der Waals surface area contributed by atoms with Crippen LogP contribution in [0.1, 0.15) is 10.5 Å². The van der Waals surface area contributed by atoms with Crippen LogP contribution in [0, 0.1) is 5.82 Å². The summed E-state index contributed by atoms with van der Waals surface area (Å²) in [5.74, 6) is -0.726. The van der Waals surface area contributed by atoms with Crippen molar-refractivity contribution in [1.82, 2.24) is 20.0 Å². The maximum Gasteiger partial charge on any atom is 0.277 e. The van der Waals surface area contributed by atoms with Crippen molar-refractivity contribution in [2.75, 3.05) is 5.32 Å². The molecule has 0 spiro atoms. The largest absolute Gasteiger partial charge is 0.320 e. The number of pyridine rings is 1. The van der Waals surface area contributed by atoms with E-state index < -0.39 is 0 Å². The fourth-order valence-electron chi connectivity index (χ4n) is 2.49. The molecule has 4 rings (SSSR count). The summed E-state index contributed by atoms with van der Waals surface area (Å²) in [6, 6.07) is 14.9. The number of nitrogens with zero attached hydrogens (tertiary/aromatic N) is 4. The minimum Gasteiger partial charge on any atom is -0.320 e. The standard InChI is InChI=1S/C18H12FN5O/c19-12-6-8-13(9-7-12)24-11-17(22-23-24)18(25)21-16-5-1-4-15-14(16)3-2-10-20-15/h1-11H,(H,21,25). The van der Waals surface area contributed by atoms with E-state index in [1.807, 2.05) is 24.3 Å². The van der Waals surface area contributed by atoms with Crippen LogP contribution in [0.25, 0.3) is 16.6 Å². The fraction of sp³-hybridized carbons (Fsp3) is 0. The average molecular weight is 333 g/mol. The van der Waals surface area contributed by atoms with Crippen molar-refractivity contribution < 1.29 is 9.18 Å². The molecule has 0 aliphatic rings. The molecular formula is C18H12FN5O. The molecule has 0 saturated carbocycles. The van der Waals surface area contributed by atoms with Crippen molar-refractivity contribution in [2.45, 2.75) is 0 Å². The van der Waals surface area contributed by atoms with Gasteiger partial charge in [0.1, 0.15) is 5.82 Å². The second kappa shape index (κ2) is 6.12. The van der Waals surface area contributed by atoms with Gasteiger partial charge in [-0.15, -0.1) is 5.10 Å². The highest BCUT2D eigenvalue weighted by Crippen LogP contribution is 2.21. The van der Waals surface area contributed by atoms with Crippen molar-refractivity contribution in [3.05, 3.63) is 78.5 Å². The Labute approximate surface area is 141 Å². The van der Waals surface area contributed by atoms with Gasteiger partial charge in [-0.05, 0) is 48.5 Å². The lowest BCUT2D eigenvalue weighted by atomic mass is 10.2. The molecule has 2 aromatic carbocycles. The molecule has 0 saturated heterocycles. The molecule has 6 nitrogen and oxygen atoms in total. The number of rotatable bonds is 3. The van der Waals surface area contributed by atoms with E-state index in [4.69, 9.17) is 0 Å². The summed E-state index contributed by atoms with van der Waals surface area (Å²) in [7, 11) is 0. The SMILES string of the molecule is O=C(Nc1cccc2ncccc12)c1cn(-c2ccc(F)cc2)nn1. The fourth-order valence-corrected chi connectivity index (χ4v) is 2.49. The zero-order valence-corrected chi connectivity index (χ0v) is 12.9. The lowest BCUT2D eigenvalue weighted by Crippen LogP contribution is -2.12. The number of aromatic nitrogens is 4. The van der Waals surface area contributed by atoms with Crippen LogP contribution in [0.15, 0.2) is 67.0 Å². The molecule has 1 amide bonds. The highest BCUT2D eigenvalue weighted by molar-refractivity contribution is 6.07. The molecule has 0 radical (unpaired) electrons. The van der Waals surface area contributed by atoms with Gasteiger partial charge in [0.15, 0.2) is 5.69 Å². The summed E-state index contributed by atoms with van der Waals surface area (Å²) in [5.41, 5.74) is 2.20. The van der Waals surface area contributed by atoms with Crippen molar-refractivity contribution in [2.24, 2.45) is 0 Å². The maximum absolute atomic E-state index is 13.0. The third kappa shape index (κ3) is 2.94. The second-order valence-electron chi connectivity index (χ2n) is 5.35. The van der Waals surface area contributed by atoms with Gasteiger partial charge in [-0.25, -0.2) is 9.07 Å². The Bertz CT molecular complexity index is 1050. The highest BCUT2D eigenvalue weighted by atomic mass is 19.1. The summed E-state index contributed by atoms with van der Waals surface area (Å²) >= 11 is 0. The summed E-state index contributed by atoms with van der Waals surface area (Å²) in [5, 5.41) is 11.5. The molecule has 4 aromatic rings. The van der Waals surface area contributed by atoms with E-state index in [2.05, 4.69) is 20.6 Å². The number of nitrogens with one attached hydrogen (secondary N) is 1. The lowest BCUT2D eigenvalue weighted by molar-refractivity contribution is 0.102. The van der Waals surface area contributed by atoms with Crippen molar-refractivity contribution in [1.29, 1.82) is 0 Å². The molecule has 0 unspecified atom stereocenters. The first-order valence-corrected chi connectivity index (χ1v) is 7.54. The summed E-state index contributed by atoms with van der Waals surface area (Å²) in [6.45, 7) is 0. The van der Waals surface area contributed by atoms with Crippen LogP contribution in [-0.4, -0.2) is 25.9 Å². The van der Waals surface area contributed by atoms with Crippen LogP contribution in [0.3, 0.4) is 0 Å². The highest BCUT2D eigenvalue weighted by Gasteiger charge is 2.13. The summed E-state index contributed by atoms with van der Waals surface area (Å²) in [4.78, 5) is 16.7. The van der Waals surface area contributed by atoms with E-state index in [0.29, 0.717) is 11.4 Å². The molecule has 2 aromatic heterocycles. The predicted octanol–water partition coefficient (Wildman–Crippen LogP) is 3.21. The second-order valence-corrected chi connectivity index (χ2v) is 5.35. The summed E-state index contributed by atoms with van der Waals surface area (Å²) < 4.78 is 14.4.